The van der Waals surface area contributed by atoms with E-state index in [-0.39, 0.29) is 36.1 Å². The van der Waals surface area contributed by atoms with Crippen LogP contribution in [0.2, 0.25) is 0 Å². The number of nitrogens with two attached hydrogens (primary N) is 2. The van der Waals surface area contributed by atoms with Crippen molar-refractivity contribution in [2.24, 2.45) is 11.6 Å². The van der Waals surface area contributed by atoms with Crippen LogP contribution in [0.15, 0.2) is 72.8 Å². The van der Waals surface area contributed by atoms with Crippen LogP contribution in [0.3, 0.4) is 0 Å². The van der Waals surface area contributed by atoms with Gasteiger partial charge in [-0.1, -0.05) is 54.6 Å². The Balaban J connectivity index is 1.65. The molecule has 0 saturated carbocycles. The molecule has 0 heterocycles. The summed E-state index contributed by atoms with van der Waals surface area (Å²) in [6, 6.07) is 22.5. The summed E-state index contributed by atoms with van der Waals surface area (Å²) in [7, 11) is 3.22. The normalized spacial score (nSPS) is 11.1. The molecule has 33 heavy (non-hydrogen) atoms. The first kappa shape index (κ1) is 24.1. The Hall–Kier alpha value is -3.52. The van der Waals surface area contributed by atoms with Crippen molar-refractivity contribution in [3.05, 3.63) is 107 Å². The maximum absolute atomic E-state index is 12.8. The molecule has 0 bridgehead atoms. The summed E-state index contributed by atoms with van der Waals surface area (Å²) in [6.45, 7) is 0.224. The molecule has 0 atom stereocenters. The lowest BCUT2D eigenvalue weighted by Gasteiger charge is -2.18. The third-order valence-electron chi connectivity index (χ3n) is 5.22. The van der Waals surface area contributed by atoms with Gasteiger partial charge in [0.2, 0.25) is 0 Å². The first-order valence-corrected chi connectivity index (χ1v) is 10.6. The van der Waals surface area contributed by atoms with Crippen LogP contribution in [0.1, 0.15) is 37.4 Å². The minimum Gasteiger partial charge on any atom is -0.507 e. The number of hydrogen-bond acceptors (Lipinski definition) is 6. The topological polar surface area (TPSA) is 113 Å². The summed E-state index contributed by atoms with van der Waals surface area (Å²) in [5.74, 6) is 5.54. The molecule has 0 aliphatic carbocycles. The standard InChI is InChI=1S/C26H29N4O3/c1-29(2)26(33)22-13-19(11-12-24(22)31)16-30(28)17-25(32)21-10-6-9-20(15-21)23(27)14-18-7-4-3-5-8-18/h3-13,15,31H,14,16-17,27-28H2,1-2H3. The maximum Gasteiger partial charge on any atom is 0.257 e. The van der Waals surface area contributed by atoms with Gasteiger partial charge in [0.1, 0.15) is 5.75 Å². The maximum atomic E-state index is 12.8. The van der Waals surface area contributed by atoms with Gasteiger partial charge in [-0.25, -0.2) is 5.01 Å². The fourth-order valence-electron chi connectivity index (χ4n) is 3.47. The number of benzene rings is 3. The third-order valence-corrected chi connectivity index (χ3v) is 5.22. The van der Waals surface area contributed by atoms with Crippen molar-refractivity contribution in [2.45, 2.75) is 13.0 Å². The zero-order valence-corrected chi connectivity index (χ0v) is 18.9. The van der Waals surface area contributed by atoms with Crippen LogP contribution < -0.4 is 11.6 Å². The van der Waals surface area contributed by atoms with Crippen molar-refractivity contribution in [1.29, 1.82) is 0 Å². The number of hydrazine groups is 1. The Kier molecular flexibility index (Phi) is 7.95. The molecule has 0 aliphatic rings. The zero-order chi connectivity index (χ0) is 24.0. The minimum absolute atomic E-state index is 0.0140. The number of carbonyl (C=O) groups is 2. The second-order valence-electron chi connectivity index (χ2n) is 8.15. The number of amides is 1. The molecule has 0 aliphatic heterocycles. The molecule has 7 heteroatoms. The van der Waals surface area contributed by atoms with Crippen LogP contribution >= 0.6 is 0 Å². The summed E-state index contributed by atoms with van der Waals surface area (Å²) in [5.41, 5.74) is 9.61. The van der Waals surface area contributed by atoms with E-state index >= 15 is 0 Å². The molecule has 1 amide bonds. The molecular weight excluding hydrogens is 416 g/mol. The first-order valence-electron chi connectivity index (χ1n) is 10.6. The summed E-state index contributed by atoms with van der Waals surface area (Å²) in [4.78, 5) is 26.4. The van der Waals surface area contributed by atoms with Crippen LogP contribution in [0, 0.1) is 6.04 Å². The minimum atomic E-state index is -0.310. The monoisotopic (exact) mass is 445 g/mol. The number of ketones is 1. The molecule has 5 N–H and O–H groups in total. The highest BCUT2D eigenvalue weighted by Crippen LogP contribution is 2.21. The molecule has 0 spiro atoms. The molecule has 3 rings (SSSR count). The van der Waals surface area contributed by atoms with E-state index in [1.807, 2.05) is 36.4 Å². The fraction of sp³-hybridized carbons (Fsp3) is 0.192. The lowest BCUT2D eigenvalue weighted by Crippen LogP contribution is -2.35. The van der Waals surface area contributed by atoms with E-state index in [9.17, 15) is 14.7 Å². The Morgan fingerprint density at radius 2 is 1.58 bits per heavy atom. The summed E-state index contributed by atoms with van der Waals surface area (Å²) in [6.07, 6.45) is 0.594. The van der Waals surface area contributed by atoms with Crippen molar-refractivity contribution >= 4 is 11.7 Å². The van der Waals surface area contributed by atoms with Crippen molar-refractivity contribution in [3.8, 4) is 5.75 Å². The van der Waals surface area contributed by atoms with E-state index in [1.54, 1.807) is 44.4 Å². The van der Waals surface area contributed by atoms with E-state index in [2.05, 4.69) is 0 Å². The number of carbonyl (C=O) groups excluding carboxylic acids is 2. The number of rotatable bonds is 9. The molecule has 7 nitrogen and oxygen atoms in total. The number of nitrogens with zero attached hydrogens (tertiary/aromatic N) is 2. The molecule has 1 radical (unpaired) electrons. The van der Waals surface area contributed by atoms with Gasteiger partial charge in [-0.3, -0.25) is 15.4 Å². The van der Waals surface area contributed by atoms with E-state index in [0.717, 1.165) is 11.1 Å². The second kappa shape index (κ2) is 10.9. The summed E-state index contributed by atoms with van der Waals surface area (Å²) >= 11 is 0. The number of phenolic OH excluding ortho intramolecular Hbond substituents is 1. The van der Waals surface area contributed by atoms with E-state index in [4.69, 9.17) is 11.6 Å². The number of hydrogen-bond donors (Lipinski definition) is 3. The third kappa shape index (κ3) is 6.49. The molecule has 0 saturated heterocycles. The van der Waals surface area contributed by atoms with Crippen LogP contribution in [0.5, 0.6) is 5.75 Å². The van der Waals surface area contributed by atoms with Crippen LogP contribution in [-0.2, 0) is 13.0 Å². The molecule has 0 aromatic heterocycles. The van der Waals surface area contributed by atoms with Crippen molar-refractivity contribution < 1.29 is 14.7 Å². The highest BCUT2D eigenvalue weighted by molar-refractivity contribution is 5.98. The summed E-state index contributed by atoms with van der Waals surface area (Å²) in [5, 5.41) is 11.4. The Morgan fingerprint density at radius 1 is 0.879 bits per heavy atom. The van der Waals surface area contributed by atoms with Crippen LogP contribution in [-0.4, -0.2) is 47.3 Å². The molecule has 3 aromatic carbocycles. The van der Waals surface area contributed by atoms with Crippen LogP contribution in [0.25, 0.3) is 0 Å². The predicted molar refractivity (Wildman–Crippen MR) is 128 cm³/mol. The number of aromatic hydroxyl groups is 1. The van der Waals surface area contributed by atoms with Gasteiger partial charge < -0.3 is 15.7 Å². The van der Waals surface area contributed by atoms with Gasteiger partial charge in [0.15, 0.2) is 5.78 Å². The smallest absolute Gasteiger partial charge is 0.257 e. The van der Waals surface area contributed by atoms with E-state index < -0.39 is 0 Å². The first-order chi connectivity index (χ1) is 15.7. The lowest BCUT2D eigenvalue weighted by atomic mass is 9.97. The van der Waals surface area contributed by atoms with Crippen molar-refractivity contribution in [1.82, 2.24) is 9.91 Å². The average molecular weight is 446 g/mol. The van der Waals surface area contributed by atoms with Gasteiger partial charge in [0.25, 0.3) is 5.91 Å². The zero-order valence-electron chi connectivity index (χ0n) is 18.9. The second-order valence-corrected chi connectivity index (χ2v) is 8.15. The predicted octanol–water partition coefficient (Wildman–Crippen LogP) is 2.73. The van der Waals surface area contributed by atoms with Crippen LogP contribution in [0.4, 0.5) is 0 Å². The quantitative estimate of drug-likeness (QED) is 0.265. The summed E-state index contributed by atoms with van der Waals surface area (Å²) < 4.78 is 0. The van der Waals surface area contributed by atoms with Gasteiger partial charge in [-0.15, -0.1) is 0 Å². The Labute approximate surface area is 194 Å². The van der Waals surface area contributed by atoms with Gasteiger partial charge in [-0.05, 0) is 41.3 Å². The van der Waals surface area contributed by atoms with Gasteiger partial charge in [0, 0.05) is 26.2 Å². The number of phenols is 1. The molecular formula is C26H29N4O3. The Bertz CT molecular complexity index is 1120. The largest absolute Gasteiger partial charge is 0.507 e. The SMILES string of the molecule is CN(C)C(=O)c1cc(CN(N)CC(=O)c2cccc([C](N)Cc3ccccc3)c2)ccc1O. The lowest BCUT2D eigenvalue weighted by molar-refractivity contribution is 0.0823. The fourth-order valence-corrected chi connectivity index (χ4v) is 3.47. The molecule has 0 unspecified atom stereocenters. The van der Waals surface area contributed by atoms with E-state index in [1.165, 1.54) is 16.0 Å². The average Bonchev–Trinajstić information content (AvgIpc) is 2.80. The van der Waals surface area contributed by atoms with Crippen molar-refractivity contribution in [2.75, 3.05) is 20.6 Å². The number of Topliss-reactive ketones (excluding diaryl/α,β-unsaturated/α-hetero) is 1. The van der Waals surface area contributed by atoms with E-state index in [0.29, 0.717) is 23.6 Å². The van der Waals surface area contributed by atoms with Gasteiger partial charge in [0.05, 0.1) is 18.2 Å². The molecule has 3 aromatic rings. The highest BCUT2D eigenvalue weighted by atomic mass is 16.3. The molecule has 0 fully saturated rings. The molecule has 171 valence electrons. The Morgan fingerprint density at radius 3 is 2.27 bits per heavy atom. The van der Waals surface area contributed by atoms with Crippen molar-refractivity contribution in [3.63, 3.8) is 0 Å². The van der Waals surface area contributed by atoms with Gasteiger partial charge in [-0.2, -0.15) is 0 Å². The van der Waals surface area contributed by atoms with Gasteiger partial charge >= 0.3 is 0 Å². The highest BCUT2D eigenvalue weighted by Gasteiger charge is 2.17.